The molecular weight excluding hydrogens is 309 g/mol. The molecule has 1 aliphatic heterocycles. The lowest BCUT2D eigenvalue weighted by Gasteiger charge is -2.31. The average Bonchev–Trinajstić information content (AvgIpc) is 2.89. The van der Waals surface area contributed by atoms with E-state index in [1.165, 1.54) is 12.1 Å². The van der Waals surface area contributed by atoms with E-state index in [1.807, 2.05) is 13.8 Å². The van der Waals surface area contributed by atoms with Gasteiger partial charge in [0, 0.05) is 6.54 Å². The number of likely N-dealkylation sites (tertiary alicyclic amines) is 1. The minimum absolute atomic E-state index is 0.0488. The zero-order valence-electron chi connectivity index (χ0n) is 14.5. The Bertz CT molecular complexity index is 557. The Balaban J connectivity index is 2.16. The first kappa shape index (κ1) is 18.9. The van der Waals surface area contributed by atoms with Gasteiger partial charge in [-0.05, 0) is 37.0 Å². The lowest BCUT2D eigenvalue weighted by Crippen LogP contribution is -2.39. The standard InChI is InChI=1S/C19H28FNO3/c1-3-8-19(24,9-4-2)12-18(23)21-13-16(22)11-17(21)14-6-5-7-15(20)10-14/h5-7,10,16-17,22,24H,3-4,8-9,11-13H2,1-2H3/t16-,17+/m0/s1. The van der Waals surface area contributed by atoms with Crippen molar-refractivity contribution in [3.8, 4) is 0 Å². The lowest BCUT2D eigenvalue weighted by molar-refractivity contribution is -0.138. The van der Waals surface area contributed by atoms with Gasteiger partial charge >= 0.3 is 0 Å². The summed E-state index contributed by atoms with van der Waals surface area (Å²) >= 11 is 0. The molecule has 0 aliphatic carbocycles. The maximum Gasteiger partial charge on any atom is 0.226 e. The van der Waals surface area contributed by atoms with Crippen molar-refractivity contribution < 1.29 is 19.4 Å². The van der Waals surface area contributed by atoms with E-state index in [2.05, 4.69) is 0 Å². The number of benzene rings is 1. The monoisotopic (exact) mass is 337 g/mol. The molecular formula is C19H28FNO3. The summed E-state index contributed by atoms with van der Waals surface area (Å²) in [5.74, 6) is -0.528. The minimum Gasteiger partial charge on any atom is -0.391 e. The molecule has 1 amide bonds. The van der Waals surface area contributed by atoms with Crippen LogP contribution in [0.4, 0.5) is 4.39 Å². The summed E-state index contributed by atoms with van der Waals surface area (Å²) in [6, 6.07) is 5.82. The Morgan fingerprint density at radius 2 is 2.00 bits per heavy atom. The van der Waals surface area contributed by atoms with Crippen LogP contribution in [0.3, 0.4) is 0 Å². The molecule has 1 heterocycles. The Hall–Kier alpha value is -1.46. The molecule has 1 saturated heterocycles. The van der Waals surface area contributed by atoms with E-state index in [0.29, 0.717) is 24.8 Å². The molecule has 2 atom stereocenters. The van der Waals surface area contributed by atoms with Crippen LogP contribution >= 0.6 is 0 Å². The highest BCUT2D eigenvalue weighted by Crippen LogP contribution is 2.35. The molecule has 134 valence electrons. The molecule has 1 aromatic rings. The second-order valence-electron chi connectivity index (χ2n) is 6.91. The predicted molar refractivity (Wildman–Crippen MR) is 90.9 cm³/mol. The van der Waals surface area contributed by atoms with Crippen molar-refractivity contribution in [2.24, 2.45) is 0 Å². The van der Waals surface area contributed by atoms with E-state index < -0.39 is 11.7 Å². The molecule has 0 bridgehead atoms. The van der Waals surface area contributed by atoms with Crippen LogP contribution < -0.4 is 0 Å². The predicted octanol–water partition coefficient (Wildman–Crippen LogP) is 3.18. The normalized spacial score (nSPS) is 21.3. The van der Waals surface area contributed by atoms with Crippen molar-refractivity contribution in [1.82, 2.24) is 4.90 Å². The highest BCUT2D eigenvalue weighted by molar-refractivity contribution is 5.78. The summed E-state index contributed by atoms with van der Waals surface area (Å²) in [6.07, 6.45) is 2.59. The van der Waals surface area contributed by atoms with Crippen LogP contribution in [0, 0.1) is 5.82 Å². The van der Waals surface area contributed by atoms with Gasteiger partial charge in [-0.15, -0.1) is 0 Å². The highest BCUT2D eigenvalue weighted by Gasteiger charge is 2.38. The van der Waals surface area contributed by atoms with Gasteiger partial charge in [0.25, 0.3) is 0 Å². The van der Waals surface area contributed by atoms with Crippen molar-refractivity contribution >= 4 is 5.91 Å². The maximum atomic E-state index is 13.5. The first-order valence-electron chi connectivity index (χ1n) is 8.84. The molecule has 1 aromatic carbocycles. The molecule has 2 rings (SSSR count). The van der Waals surface area contributed by atoms with Gasteiger partial charge in [0.1, 0.15) is 5.82 Å². The first-order chi connectivity index (χ1) is 11.4. The molecule has 1 aliphatic rings. The van der Waals surface area contributed by atoms with Crippen LogP contribution in [-0.4, -0.2) is 39.3 Å². The van der Waals surface area contributed by atoms with Gasteiger partial charge in [-0.2, -0.15) is 0 Å². The fourth-order valence-corrected chi connectivity index (χ4v) is 3.73. The van der Waals surface area contributed by atoms with Gasteiger partial charge in [-0.25, -0.2) is 4.39 Å². The van der Waals surface area contributed by atoms with Crippen molar-refractivity contribution in [3.63, 3.8) is 0 Å². The molecule has 2 N–H and O–H groups in total. The molecule has 4 nitrogen and oxygen atoms in total. The Labute approximate surface area is 143 Å². The Morgan fingerprint density at radius 1 is 1.33 bits per heavy atom. The summed E-state index contributed by atoms with van der Waals surface area (Å²) in [7, 11) is 0. The number of hydrogen-bond donors (Lipinski definition) is 2. The quantitative estimate of drug-likeness (QED) is 0.803. The third-order valence-corrected chi connectivity index (χ3v) is 4.74. The van der Waals surface area contributed by atoms with E-state index in [1.54, 1.807) is 17.0 Å². The van der Waals surface area contributed by atoms with E-state index >= 15 is 0 Å². The fourth-order valence-electron chi connectivity index (χ4n) is 3.73. The summed E-state index contributed by atoms with van der Waals surface area (Å²) in [5, 5.41) is 20.7. The number of rotatable bonds is 7. The first-order valence-corrected chi connectivity index (χ1v) is 8.84. The van der Waals surface area contributed by atoms with E-state index in [0.717, 1.165) is 12.8 Å². The molecule has 5 heteroatoms. The van der Waals surface area contributed by atoms with Crippen molar-refractivity contribution in [2.75, 3.05) is 6.54 Å². The molecule has 0 radical (unpaired) electrons. The average molecular weight is 337 g/mol. The van der Waals surface area contributed by atoms with E-state index in [4.69, 9.17) is 0 Å². The highest BCUT2D eigenvalue weighted by atomic mass is 19.1. The number of hydrogen-bond acceptors (Lipinski definition) is 3. The smallest absolute Gasteiger partial charge is 0.226 e. The van der Waals surface area contributed by atoms with Crippen LogP contribution in [0.1, 0.15) is 64.0 Å². The van der Waals surface area contributed by atoms with Crippen LogP contribution in [0.5, 0.6) is 0 Å². The molecule has 0 unspecified atom stereocenters. The van der Waals surface area contributed by atoms with Gasteiger partial charge in [0.2, 0.25) is 5.91 Å². The minimum atomic E-state index is -0.999. The molecule has 0 spiro atoms. The van der Waals surface area contributed by atoms with Crippen LogP contribution in [0.25, 0.3) is 0 Å². The number of aliphatic hydroxyl groups is 2. The fraction of sp³-hybridized carbons (Fsp3) is 0.632. The Morgan fingerprint density at radius 3 is 2.58 bits per heavy atom. The second-order valence-corrected chi connectivity index (χ2v) is 6.91. The van der Waals surface area contributed by atoms with E-state index in [-0.39, 0.29) is 30.7 Å². The van der Waals surface area contributed by atoms with Gasteiger partial charge in [-0.3, -0.25) is 4.79 Å². The van der Waals surface area contributed by atoms with Crippen molar-refractivity contribution in [3.05, 3.63) is 35.6 Å². The topological polar surface area (TPSA) is 60.8 Å². The molecule has 1 fully saturated rings. The van der Waals surface area contributed by atoms with Crippen molar-refractivity contribution in [2.45, 2.75) is 70.1 Å². The maximum absolute atomic E-state index is 13.5. The Kier molecular flexibility index (Phi) is 6.35. The van der Waals surface area contributed by atoms with Gasteiger partial charge in [-0.1, -0.05) is 38.8 Å². The second kappa shape index (κ2) is 8.08. The number of carbonyl (C=O) groups excluding carboxylic acids is 1. The number of aliphatic hydroxyl groups excluding tert-OH is 1. The largest absolute Gasteiger partial charge is 0.391 e. The summed E-state index contributed by atoms with van der Waals surface area (Å²) in [4.78, 5) is 14.4. The van der Waals surface area contributed by atoms with Gasteiger partial charge < -0.3 is 15.1 Å². The summed E-state index contributed by atoms with van der Waals surface area (Å²) < 4.78 is 13.5. The van der Waals surface area contributed by atoms with Crippen LogP contribution in [-0.2, 0) is 4.79 Å². The van der Waals surface area contributed by atoms with Gasteiger partial charge in [0.05, 0.1) is 24.2 Å². The van der Waals surface area contributed by atoms with Crippen molar-refractivity contribution in [1.29, 1.82) is 0 Å². The summed E-state index contributed by atoms with van der Waals surface area (Å²) in [5.41, 5.74) is -0.310. The number of amides is 1. The summed E-state index contributed by atoms with van der Waals surface area (Å²) in [6.45, 7) is 4.20. The number of β-amino-alcohol motifs (C(OH)–C–C–N with tert-alkyl or cyclic N) is 1. The molecule has 0 aromatic heterocycles. The number of halogens is 1. The van der Waals surface area contributed by atoms with Crippen LogP contribution in [0.2, 0.25) is 0 Å². The van der Waals surface area contributed by atoms with Crippen LogP contribution in [0.15, 0.2) is 24.3 Å². The third kappa shape index (κ3) is 4.54. The van der Waals surface area contributed by atoms with Gasteiger partial charge in [0.15, 0.2) is 0 Å². The molecule has 0 saturated carbocycles. The zero-order valence-corrected chi connectivity index (χ0v) is 14.5. The lowest BCUT2D eigenvalue weighted by atomic mass is 9.88. The van der Waals surface area contributed by atoms with E-state index in [9.17, 15) is 19.4 Å². The zero-order chi connectivity index (χ0) is 17.7. The number of nitrogens with zero attached hydrogens (tertiary/aromatic N) is 1. The SMILES string of the molecule is CCCC(O)(CCC)CC(=O)N1C[C@@H](O)C[C@@H]1c1cccc(F)c1. The molecule has 24 heavy (non-hydrogen) atoms. The third-order valence-electron chi connectivity index (χ3n) is 4.74. The number of carbonyl (C=O) groups is 1.